The van der Waals surface area contributed by atoms with E-state index >= 15 is 0 Å². The van der Waals surface area contributed by atoms with Crippen molar-refractivity contribution in [2.75, 3.05) is 6.61 Å². The van der Waals surface area contributed by atoms with Gasteiger partial charge in [-0.15, -0.1) is 0 Å². The first-order valence-electron chi connectivity index (χ1n) is 6.08. The predicted octanol–water partition coefficient (Wildman–Crippen LogP) is 3.51. The molecule has 2 aromatic rings. The summed E-state index contributed by atoms with van der Waals surface area (Å²) in [5, 5.41) is 0.137. The third kappa shape index (κ3) is 2.63. The van der Waals surface area contributed by atoms with Crippen LogP contribution in [-0.2, 0) is 15.7 Å². The molecule has 1 heterocycles. The van der Waals surface area contributed by atoms with Crippen molar-refractivity contribution >= 4 is 22.7 Å². The van der Waals surface area contributed by atoms with Gasteiger partial charge < -0.3 is 9.15 Å². The molecule has 0 aliphatic heterocycles. The van der Waals surface area contributed by atoms with Gasteiger partial charge in [-0.2, -0.15) is 13.2 Å². The van der Waals surface area contributed by atoms with Crippen LogP contribution >= 0.6 is 0 Å². The minimum atomic E-state index is -4.62. The molecule has 21 heavy (non-hydrogen) atoms. The quantitative estimate of drug-likeness (QED) is 0.494. The molecule has 0 aliphatic carbocycles. The number of benzene rings is 1. The average Bonchev–Trinajstić information content (AvgIpc) is 2.74. The number of aryl methyl sites for hydroxylation is 1. The summed E-state index contributed by atoms with van der Waals surface area (Å²) in [5.74, 6) is -2.69. The number of carbonyl (C=O) groups excluding carboxylic acids is 2. The molecule has 2 rings (SSSR count). The molecular weight excluding hydrogens is 289 g/mol. The minimum absolute atomic E-state index is 0.0162. The Balaban J connectivity index is 2.61. The van der Waals surface area contributed by atoms with Crippen LogP contribution in [0.3, 0.4) is 0 Å². The molecule has 1 aromatic carbocycles. The highest BCUT2D eigenvalue weighted by atomic mass is 19.4. The molecule has 0 fully saturated rings. The van der Waals surface area contributed by atoms with E-state index in [-0.39, 0.29) is 17.6 Å². The lowest BCUT2D eigenvalue weighted by molar-refractivity contribution is -0.137. The lowest BCUT2D eigenvalue weighted by atomic mass is 10.1. The van der Waals surface area contributed by atoms with Crippen LogP contribution in [0.5, 0.6) is 0 Å². The van der Waals surface area contributed by atoms with E-state index in [9.17, 15) is 22.8 Å². The predicted molar refractivity (Wildman–Crippen MR) is 66.9 cm³/mol. The van der Waals surface area contributed by atoms with E-state index in [0.29, 0.717) is 0 Å². The maximum absolute atomic E-state index is 12.9. The Labute approximate surface area is 117 Å². The molecule has 0 bridgehead atoms. The Morgan fingerprint density at radius 1 is 1.29 bits per heavy atom. The van der Waals surface area contributed by atoms with Crippen molar-refractivity contribution in [3.63, 3.8) is 0 Å². The van der Waals surface area contributed by atoms with Crippen LogP contribution in [-0.4, -0.2) is 18.4 Å². The molecule has 0 atom stereocenters. The summed E-state index contributed by atoms with van der Waals surface area (Å²) in [7, 11) is 0. The average molecular weight is 300 g/mol. The molecule has 0 amide bonds. The molecule has 0 radical (unpaired) electrons. The summed E-state index contributed by atoms with van der Waals surface area (Å²) < 4.78 is 48.3. The van der Waals surface area contributed by atoms with E-state index in [1.807, 2.05) is 0 Å². The largest absolute Gasteiger partial charge is 0.460 e. The lowest BCUT2D eigenvalue weighted by Gasteiger charge is -2.06. The molecule has 0 saturated carbocycles. The molecule has 112 valence electrons. The Morgan fingerprint density at radius 2 is 1.95 bits per heavy atom. The van der Waals surface area contributed by atoms with Crippen molar-refractivity contribution in [1.29, 1.82) is 0 Å². The van der Waals surface area contributed by atoms with Gasteiger partial charge in [-0.1, -0.05) is 12.1 Å². The van der Waals surface area contributed by atoms with Crippen molar-refractivity contribution in [2.24, 2.45) is 0 Å². The van der Waals surface area contributed by atoms with Crippen molar-refractivity contribution in [1.82, 2.24) is 0 Å². The number of furan rings is 1. The van der Waals surface area contributed by atoms with Crippen LogP contribution in [0.15, 0.2) is 22.6 Å². The number of rotatable bonds is 3. The topological polar surface area (TPSA) is 56.5 Å². The Kier molecular flexibility index (Phi) is 3.76. The highest BCUT2D eigenvalue weighted by Gasteiger charge is 2.36. The zero-order valence-electron chi connectivity index (χ0n) is 11.2. The van der Waals surface area contributed by atoms with Crippen LogP contribution in [0, 0.1) is 6.92 Å². The van der Waals surface area contributed by atoms with Crippen molar-refractivity contribution in [3.8, 4) is 0 Å². The van der Waals surface area contributed by atoms with E-state index in [1.165, 1.54) is 26.0 Å². The number of alkyl halides is 3. The van der Waals surface area contributed by atoms with Gasteiger partial charge in [0.05, 0.1) is 12.2 Å². The molecule has 0 aliphatic rings. The summed E-state index contributed by atoms with van der Waals surface area (Å²) in [6.45, 7) is 2.91. The second-order valence-corrected chi connectivity index (χ2v) is 4.29. The Hall–Kier alpha value is -2.31. The number of hydrogen-bond acceptors (Lipinski definition) is 4. The third-order valence-corrected chi connectivity index (χ3v) is 2.94. The van der Waals surface area contributed by atoms with Gasteiger partial charge in [0.1, 0.15) is 5.58 Å². The molecular formula is C14H11F3O4. The number of carbonyl (C=O) groups is 2. The van der Waals surface area contributed by atoms with Gasteiger partial charge in [-0.3, -0.25) is 4.79 Å². The van der Waals surface area contributed by atoms with Gasteiger partial charge in [-0.05, 0) is 19.9 Å². The first kappa shape index (κ1) is 15.1. The zero-order chi connectivity index (χ0) is 15.8. The number of fused-ring (bicyclic) bond motifs is 1. The van der Waals surface area contributed by atoms with E-state index < -0.39 is 34.8 Å². The third-order valence-electron chi connectivity index (χ3n) is 2.94. The summed E-state index contributed by atoms with van der Waals surface area (Å²) >= 11 is 0. The fourth-order valence-electron chi connectivity index (χ4n) is 1.97. The van der Waals surface area contributed by atoms with Gasteiger partial charge in [0.15, 0.2) is 5.76 Å². The normalized spacial score (nSPS) is 11.7. The summed E-state index contributed by atoms with van der Waals surface area (Å²) in [4.78, 5) is 23.2. The lowest BCUT2D eigenvalue weighted by Crippen LogP contribution is -2.17. The number of ether oxygens (including phenoxy) is 1. The van der Waals surface area contributed by atoms with Crippen LogP contribution in [0.1, 0.15) is 28.6 Å². The highest BCUT2D eigenvalue weighted by Crippen LogP contribution is 2.37. The first-order chi connectivity index (χ1) is 9.77. The van der Waals surface area contributed by atoms with E-state index in [0.717, 1.165) is 6.07 Å². The molecule has 4 nitrogen and oxygen atoms in total. The van der Waals surface area contributed by atoms with E-state index in [2.05, 4.69) is 4.74 Å². The first-order valence-corrected chi connectivity index (χ1v) is 6.08. The standard InChI is InChI=1S/C14H11F3O4/c1-3-20-13(19)10(18)11-7(2)8-5-4-6-9(12(8)21-11)14(15,16)17/h4-6H,3H2,1-2H3. The Morgan fingerprint density at radius 3 is 2.52 bits per heavy atom. The molecule has 0 spiro atoms. The second kappa shape index (κ2) is 5.23. The monoisotopic (exact) mass is 300 g/mol. The fraction of sp³-hybridized carbons (Fsp3) is 0.286. The molecule has 0 unspecified atom stereocenters. The molecule has 0 N–H and O–H groups in total. The summed E-state index contributed by atoms with van der Waals surface area (Å²) in [6.07, 6.45) is -4.62. The maximum Gasteiger partial charge on any atom is 0.420 e. The van der Waals surface area contributed by atoms with Gasteiger partial charge >= 0.3 is 17.9 Å². The molecule has 0 saturated heterocycles. The van der Waals surface area contributed by atoms with E-state index in [1.54, 1.807) is 0 Å². The van der Waals surface area contributed by atoms with Crippen LogP contribution < -0.4 is 0 Å². The van der Waals surface area contributed by atoms with Crippen molar-refractivity contribution < 1.29 is 31.9 Å². The van der Waals surface area contributed by atoms with Crippen LogP contribution in [0.25, 0.3) is 11.0 Å². The smallest absolute Gasteiger partial charge is 0.420 e. The Bertz CT molecular complexity index is 713. The number of hydrogen-bond donors (Lipinski definition) is 0. The number of halogens is 3. The van der Waals surface area contributed by atoms with Crippen LogP contribution in [0.2, 0.25) is 0 Å². The van der Waals surface area contributed by atoms with Crippen molar-refractivity contribution in [2.45, 2.75) is 20.0 Å². The van der Waals surface area contributed by atoms with Gasteiger partial charge in [0, 0.05) is 10.9 Å². The number of esters is 1. The second-order valence-electron chi connectivity index (χ2n) is 4.29. The van der Waals surface area contributed by atoms with Crippen molar-refractivity contribution in [3.05, 3.63) is 35.1 Å². The molecule has 1 aromatic heterocycles. The SMILES string of the molecule is CCOC(=O)C(=O)c1oc2c(C(F)(F)F)cccc2c1C. The number of Topliss-reactive ketones (excluding diaryl/α,β-unsaturated/α-hetero) is 1. The summed E-state index contributed by atoms with van der Waals surface area (Å²) in [6, 6.07) is 3.46. The van der Waals surface area contributed by atoms with Gasteiger partial charge in [0.25, 0.3) is 0 Å². The minimum Gasteiger partial charge on any atom is -0.460 e. The van der Waals surface area contributed by atoms with Gasteiger partial charge in [0.2, 0.25) is 0 Å². The fourth-order valence-corrected chi connectivity index (χ4v) is 1.97. The number of para-hydroxylation sites is 1. The molecule has 7 heteroatoms. The van der Waals surface area contributed by atoms with E-state index in [4.69, 9.17) is 4.42 Å². The maximum atomic E-state index is 12.9. The number of ketones is 1. The van der Waals surface area contributed by atoms with Crippen LogP contribution in [0.4, 0.5) is 13.2 Å². The zero-order valence-corrected chi connectivity index (χ0v) is 11.2. The van der Waals surface area contributed by atoms with Gasteiger partial charge in [-0.25, -0.2) is 4.79 Å². The highest BCUT2D eigenvalue weighted by molar-refractivity contribution is 6.40. The summed E-state index contributed by atoms with van der Waals surface area (Å²) in [5.41, 5.74) is -1.28.